The summed E-state index contributed by atoms with van der Waals surface area (Å²) in [4.78, 5) is 0. The second-order valence-corrected chi connectivity index (χ2v) is 0.274. The van der Waals surface area contributed by atoms with Crippen LogP contribution in [0.1, 0.15) is 0 Å². The topological polar surface area (TPSA) is 58.8 Å². The Kier molecular flexibility index (Phi) is 445. The van der Waals surface area contributed by atoms with E-state index >= 15 is 0 Å². The molecular weight excluding hydrogens is 202 g/mol. The Hall–Kier alpha value is 0.846. The Morgan fingerprint density at radius 1 is 1.29 bits per heavy atom. The van der Waals surface area contributed by atoms with Crippen LogP contribution in [0.2, 0.25) is 0 Å². The van der Waals surface area contributed by atoms with Crippen molar-refractivity contribution < 1.29 is 41.6 Å². The second-order valence-electron chi connectivity index (χ2n) is 0.0913. The van der Waals surface area contributed by atoms with Crippen molar-refractivity contribution in [1.82, 2.24) is 6.15 Å². The first-order valence-electron chi connectivity index (χ1n) is 0.428. The van der Waals surface area contributed by atoms with Gasteiger partial charge < -0.3 is 36.4 Å². The van der Waals surface area contributed by atoms with Crippen LogP contribution >= 0.6 is 12.2 Å². The van der Waals surface area contributed by atoms with Gasteiger partial charge in [0.2, 0.25) is 0 Å². The summed E-state index contributed by atoms with van der Waals surface area (Å²) in [5.41, 5.74) is 0. The van der Waals surface area contributed by atoms with Crippen LogP contribution in [0.5, 0.6) is 0 Å². The first-order chi connectivity index (χ1) is 1.41. The van der Waals surface area contributed by atoms with E-state index in [0.29, 0.717) is 0 Å². The first-order valence-corrected chi connectivity index (χ1v) is 0.836. The normalized spacial score (nSPS) is 1.14. The molecule has 0 aliphatic carbocycles. The smallest absolute Gasteiger partial charge is 1.00 e. The number of hydrogen-bond donors (Lipinski definition) is 1. The molecular formula is CH4Cl2CoN2S. The summed E-state index contributed by atoms with van der Waals surface area (Å²) < 4.78 is 0. The summed E-state index contributed by atoms with van der Waals surface area (Å²) in [6.07, 6.45) is 0. The number of halogens is 2. The molecule has 47 valence electrons. The number of rotatable bonds is 0. The molecule has 0 fully saturated rings. The molecule has 2 nitrogen and oxygen atoms in total. The number of isothiocyanates is 1. The van der Waals surface area contributed by atoms with Crippen molar-refractivity contribution in [2.24, 2.45) is 0 Å². The second kappa shape index (κ2) is 68.6. The summed E-state index contributed by atoms with van der Waals surface area (Å²) in [6.45, 7) is 0. The zero-order valence-electron chi connectivity index (χ0n) is 3.44. The van der Waals surface area contributed by atoms with E-state index < -0.39 is 0 Å². The van der Waals surface area contributed by atoms with Crippen molar-refractivity contribution in [2.45, 2.75) is 0 Å². The van der Waals surface area contributed by atoms with E-state index in [1.165, 1.54) is 5.16 Å². The molecule has 0 rings (SSSR count). The predicted octanol–water partition coefficient (Wildman–Crippen LogP) is -4.96. The van der Waals surface area contributed by atoms with Gasteiger partial charge in [0.1, 0.15) is 0 Å². The standard InChI is InChI=1S/CNS.2ClH.Co.H3N/c2-1-3;;;;/h;2*1H;;1H3/q-1;;;+2;/p-1. The Balaban J connectivity index is -0.00000000333. The van der Waals surface area contributed by atoms with E-state index in [2.05, 4.69) is 12.2 Å². The van der Waals surface area contributed by atoms with Gasteiger partial charge in [-0.15, -0.1) is 0 Å². The fraction of sp³-hybridized carbons (Fsp3) is 0. The van der Waals surface area contributed by atoms with Crippen LogP contribution < -0.4 is 31.0 Å². The van der Waals surface area contributed by atoms with Crippen LogP contribution in [0, 0.1) is 0 Å². The summed E-state index contributed by atoms with van der Waals surface area (Å²) in [7, 11) is 0. The molecule has 0 aliphatic heterocycles. The third-order valence-electron chi connectivity index (χ3n) is 0. The van der Waals surface area contributed by atoms with Crippen LogP contribution in [-0.2, 0) is 16.8 Å². The van der Waals surface area contributed by atoms with Gasteiger partial charge in [-0.1, -0.05) is 12.2 Å². The minimum atomic E-state index is 0. The van der Waals surface area contributed by atoms with Crippen LogP contribution in [0.25, 0.3) is 5.41 Å². The molecule has 0 aliphatic rings. The fourth-order valence-electron chi connectivity index (χ4n) is 0. The van der Waals surface area contributed by atoms with Gasteiger partial charge in [0.05, 0.1) is 0 Å². The molecule has 0 unspecified atom stereocenters. The number of thiocarbonyl (C=S) groups is 1. The Morgan fingerprint density at radius 3 is 1.29 bits per heavy atom. The quantitative estimate of drug-likeness (QED) is 0.313. The van der Waals surface area contributed by atoms with Crippen LogP contribution in [0.15, 0.2) is 0 Å². The Morgan fingerprint density at radius 2 is 1.29 bits per heavy atom. The van der Waals surface area contributed by atoms with Crippen molar-refractivity contribution in [1.29, 1.82) is 0 Å². The fourth-order valence-corrected chi connectivity index (χ4v) is 0. The average molecular weight is 206 g/mol. The van der Waals surface area contributed by atoms with E-state index in [9.17, 15) is 0 Å². The number of hydrogen-bond acceptors (Lipinski definition) is 1. The van der Waals surface area contributed by atoms with E-state index in [1.807, 2.05) is 0 Å². The monoisotopic (exact) mass is 205 g/mol. The summed E-state index contributed by atoms with van der Waals surface area (Å²) in [5.74, 6) is 0. The third-order valence-corrected chi connectivity index (χ3v) is 0. The maximum atomic E-state index is 7.13. The van der Waals surface area contributed by atoms with Gasteiger partial charge in [-0.25, -0.2) is 0 Å². The molecule has 0 aromatic heterocycles. The first kappa shape index (κ1) is 45.4. The van der Waals surface area contributed by atoms with Gasteiger partial charge >= 0.3 is 16.8 Å². The van der Waals surface area contributed by atoms with Crippen molar-refractivity contribution in [2.75, 3.05) is 0 Å². The third kappa shape index (κ3) is 224. The van der Waals surface area contributed by atoms with Gasteiger partial charge in [0, 0.05) is 0 Å². The summed E-state index contributed by atoms with van der Waals surface area (Å²) in [5, 5.41) is 8.47. The van der Waals surface area contributed by atoms with Crippen LogP contribution in [0.3, 0.4) is 0 Å². The predicted molar refractivity (Wildman–Crippen MR) is 21.9 cm³/mol. The summed E-state index contributed by atoms with van der Waals surface area (Å²) >= 11 is 3.70. The molecule has 0 bridgehead atoms. The van der Waals surface area contributed by atoms with Gasteiger partial charge in [-0.2, -0.15) is 5.16 Å². The Labute approximate surface area is 70.5 Å². The van der Waals surface area contributed by atoms with E-state index in [-0.39, 0.29) is 47.7 Å². The number of quaternary nitrogens is 1. The zero-order chi connectivity index (χ0) is 2.71. The zero-order valence-corrected chi connectivity index (χ0v) is 6.81. The van der Waals surface area contributed by atoms with Gasteiger partial charge in [0.25, 0.3) is 0 Å². The van der Waals surface area contributed by atoms with Crippen molar-refractivity contribution in [3.63, 3.8) is 0 Å². The van der Waals surface area contributed by atoms with Gasteiger partial charge in [-0.3, -0.25) is 0 Å². The Bertz CT molecular complexity index is 36.7. The maximum absolute atomic E-state index is 7.13. The molecule has 0 aromatic carbocycles. The molecule has 0 spiro atoms. The van der Waals surface area contributed by atoms with Crippen molar-refractivity contribution in [3.05, 3.63) is 5.41 Å². The van der Waals surface area contributed by atoms with E-state index in [0.717, 1.165) is 0 Å². The van der Waals surface area contributed by atoms with Crippen molar-refractivity contribution in [3.8, 4) is 0 Å². The molecule has 0 aromatic rings. The van der Waals surface area contributed by atoms with Crippen LogP contribution in [0.4, 0.5) is 0 Å². The molecule has 6 heteroatoms. The minimum absolute atomic E-state index is 0. The van der Waals surface area contributed by atoms with Gasteiger partial charge in [-0.05, 0) is 0 Å². The van der Waals surface area contributed by atoms with Crippen molar-refractivity contribution >= 4 is 17.4 Å². The van der Waals surface area contributed by atoms with Crippen LogP contribution in [-0.4, -0.2) is 5.16 Å². The maximum Gasteiger partial charge on any atom is 2.00 e. The van der Waals surface area contributed by atoms with E-state index in [1.54, 1.807) is 0 Å². The average Bonchev–Trinajstić information content (AvgIpc) is 0.918. The largest absolute Gasteiger partial charge is 2.00 e. The molecule has 0 heterocycles. The summed E-state index contributed by atoms with van der Waals surface area (Å²) in [6, 6.07) is 0. The number of nitrogens with zero attached hydrogens (tertiary/aromatic N) is 1. The SMILES string of the molecule is [Cl-].[Cl-].[Co+2].[N-]=C=S.[NH4+]. The molecule has 0 atom stereocenters. The van der Waals surface area contributed by atoms with Gasteiger partial charge in [0.15, 0.2) is 0 Å². The molecule has 4 N–H and O–H groups in total. The molecule has 1 radical (unpaired) electrons. The van der Waals surface area contributed by atoms with E-state index in [4.69, 9.17) is 5.41 Å². The molecule has 0 saturated heterocycles. The molecule has 0 saturated carbocycles. The molecule has 0 amide bonds. The molecule has 7 heavy (non-hydrogen) atoms. The minimum Gasteiger partial charge on any atom is -1.00 e.